The highest BCUT2D eigenvalue weighted by Crippen LogP contribution is 2.30. The lowest BCUT2D eigenvalue weighted by molar-refractivity contribution is -0.137. The Balaban J connectivity index is 0.00000151. The SMILES string of the molecule is CC.CCOC(=O)c1ncc(C)nc1Nc1ccc(C(F)(F)F)cc1. The molecule has 1 N–H and O–H groups in total. The molecule has 2 aromatic rings. The van der Waals surface area contributed by atoms with Gasteiger partial charge in [-0.25, -0.2) is 14.8 Å². The van der Waals surface area contributed by atoms with Crippen molar-refractivity contribution in [1.29, 1.82) is 0 Å². The van der Waals surface area contributed by atoms with Crippen molar-refractivity contribution in [1.82, 2.24) is 9.97 Å². The zero-order chi connectivity index (χ0) is 19.0. The van der Waals surface area contributed by atoms with Crippen LogP contribution in [0.5, 0.6) is 0 Å². The van der Waals surface area contributed by atoms with Crippen molar-refractivity contribution in [2.75, 3.05) is 11.9 Å². The molecule has 0 radical (unpaired) electrons. The number of nitrogens with zero attached hydrogens (tertiary/aromatic N) is 2. The molecule has 25 heavy (non-hydrogen) atoms. The predicted molar refractivity (Wildman–Crippen MR) is 88.8 cm³/mol. The van der Waals surface area contributed by atoms with Crippen molar-refractivity contribution >= 4 is 17.5 Å². The molecule has 2 rings (SSSR count). The van der Waals surface area contributed by atoms with Crippen LogP contribution in [0.4, 0.5) is 24.7 Å². The van der Waals surface area contributed by atoms with E-state index in [9.17, 15) is 18.0 Å². The molecule has 0 spiro atoms. The first-order chi connectivity index (χ1) is 11.8. The Morgan fingerprint density at radius 2 is 1.80 bits per heavy atom. The Morgan fingerprint density at radius 1 is 1.20 bits per heavy atom. The summed E-state index contributed by atoms with van der Waals surface area (Å²) in [6, 6.07) is 4.38. The number of rotatable bonds is 4. The summed E-state index contributed by atoms with van der Waals surface area (Å²) in [5, 5.41) is 2.79. The summed E-state index contributed by atoms with van der Waals surface area (Å²) in [7, 11) is 0. The number of ether oxygens (including phenoxy) is 1. The number of aryl methyl sites for hydroxylation is 1. The molecule has 0 aliphatic heterocycles. The summed E-state index contributed by atoms with van der Waals surface area (Å²) < 4.78 is 42.5. The first-order valence-electron chi connectivity index (χ1n) is 7.76. The van der Waals surface area contributed by atoms with Gasteiger partial charge in [0.1, 0.15) is 0 Å². The van der Waals surface area contributed by atoms with Gasteiger partial charge in [-0.15, -0.1) is 0 Å². The molecule has 0 bridgehead atoms. The maximum atomic E-state index is 12.6. The number of carbonyl (C=O) groups is 1. The van der Waals surface area contributed by atoms with Gasteiger partial charge in [0.25, 0.3) is 0 Å². The molecule has 0 aliphatic rings. The molecule has 5 nitrogen and oxygen atoms in total. The summed E-state index contributed by atoms with van der Waals surface area (Å²) in [6.07, 6.45) is -3.00. The lowest BCUT2D eigenvalue weighted by Crippen LogP contribution is -2.12. The third kappa shape index (κ3) is 5.74. The molecule has 136 valence electrons. The number of anilines is 2. The van der Waals surface area contributed by atoms with Gasteiger partial charge in [-0.2, -0.15) is 13.2 Å². The van der Waals surface area contributed by atoms with Crippen LogP contribution in [0.1, 0.15) is 42.5 Å². The van der Waals surface area contributed by atoms with Crippen LogP contribution in [0.2, 0.25) is 0 Å². The molecule has 0 saturated carbocycles. The average molecular weight is 355 g/mol. The van der Waals surface area contributed by atoms with Gasteiger partial charge >= 0.3 is 12.1 Å². The van der Waals surface area contributed by atoms with E-state index in [1.807, 2.05) is 13.8 Å². The van der Waals surface area contributed by atoms with Gasteiger partial charge in [0, 0.05) is 11.9 Å². The van der Waals surface area contributed by atoms with Crippen molar-refractivity contribution in [2.45, 2.75) is 33.9 Å². The maximum absolute atomic E-state index is 12.6. The largest absolute Gasteiger partial charge is 0.461 e. The number of hydrogen-bond acceptors (Lipinski definition) is 5. The van der Waals surface area contributed by atoms with Crippen molar-refractivity contribution in [2.24, 2.45) is 0 Å². The lowest BCUT2D eigenvalue weighted by Gasteiger charge is -2.11. The van der Waals surface area contributed by atoms with Gasteiger partial charge in [-0.3, -0.25) is 0 Å². The molecular formula is C17H20F3N3O2. The number of halogens is 3. The minimum atomic E-state index is -4.40. The fraction of sp³-hybridized carbons (Fsp3) is 0.353. The predicted octanol–water partition coefficient (Wildman–Crippen LogP) is 4.75. The smallest absolute Gasteiger partial charge is 0.416 e. The van der Waals surface area contributed by atoms with Gasteiger partial charge in [-0.1, -0.05) is 13.8 Å². The van der Waals surface area contributed by atoms with E-state index in [2.05, 4.69) is 15.3 Å². The van der Waals surface area contributed by atoms with Crippen LogP contribution >= 0.6 is 0 Å². The van der Waals surface area contributed by atoms with Crippen LogP contribution in [0, 0.1) is 6.92 Å². The Morgan fingerprint density at radius 3 is 2.32 bits per heavy atom. The number of nitrogens with one attached hydrogen (secondary N) is 1. The summed E-state index contributed by atoms with van der Waals surface area (Å²) in [5.74, 6) is -0.530. The van der Waals surface area contributed by atoms with E-state index in [1.54, 1.807) is 13.8 Å². The minimum Gasteiger partial charge on any atom is -0.461 e. The molecule has 0 unspecified atom stereocenters. The van der Waals surface area contributed by atoms with E-state index in [-0.39, 0.29) is 18.1 Å². The second-order valence-electron chi connectivity index (χ2n) is 4.63. The summed E-state index contributed by atoms with van der Waals surface area (Å²) >= 11 is 0. The Kier molecular flexibility index (Phi) is 7.35. The van der Waals surface area contributed by atoms with Crippen molar-refractivity contribution in [3.8, 4) is 0 Å². The lowest BCUT2D eigenvalue weighted by atomic mass is 10.2. The molecule has 0 saturated heterocycles. The topological polar surface area (TPSA) is 64.1 Å². The molecule has 1 aromatic heterocycles. The van der Waals surface area contributed by atoms with E-state index in [0.717, 1.165) is 12.1 Å². The van der Waals surface area contributed by atoms with Gasteiger partial charge in [-0.05, 0) is 38.1 Å². The molecule has 0 aliphatic carbocycles. The monoisotopic (exact) mass is 355 g/mol. The molecular weight excluding hydrogens is 335 g/mol. The number of alkyl halides is 3. The molecule has 1 heterocycles. The Labute approximate surface area is 144 Å². The van der Waals surface area contributed by atoms with E-state index in [4.69, 9.17) is 4.74 Å². The van der Waals surface area contributed by atoms with Crippen molar-refractivity contribution in [3.63, 3.8) is 0 Å². The van der Waals surface area contributed by atoms with Gasteiger partial charge in [0.15, 0.2) is 11.5 Å². The van der Waals surface area contributed by atoms with Crippen LogP contribution in [-0.4, -0.2) is 22.5 Å². The summed E-state index contributed by atoms with van der Waals surface area (Å²) in [6.45, 7) is 7.51. The zero-order valence-corrected chi connectivity index (χ0v) is 14.4. The highest BCUT2D eigenvalue weighted by Gasteiger charge is 2.30. The molecule has 0 atom stereocenters. The van der Waals surface area contributed by atoms with Crippen LogP contribution in [0.3, 0.4) is 0 Å². The zero-order valence-electron chi connectivity index (χ0n) is 14.4. The fourth-order valence-corrected chi connectivity index (χ4v) is 1.79. The second kappa shape index (κ2) is 9.00. The summed E-state index contributed by atoms with van der Waals surface area (Å²) in [4.78, 5) is 20.0. The number of esters is 1. The van der Waals surface area contributed by atoms with Crippen molar-refractivity contribution < 1.29 is 22.7 Å². The fourth-order valence-electron chi connectivity index (χ4n) is 1.79. The van der Waals surface area contributed by atoms with Gasteiger partial charge in [0.2, 0.25) is 0 Å². The number of benzene rings is 1. The van der Waals surface area contributed by atoms with Crippen LogP contribution < -0.4 is 5.32 Å². The van der Waals surface area contributed by atoms with E-state index < -0.39 is 17.7 Å². The normalized spacial score (nSPS) is 10.5. The van der Waals surface area contributed by atoms with Crippen LogP contribution in [0.25, 0.3) is 0 Å². The van der Waals surface area contributed by atoms with E-state index in [1.165, 1.54) is 18.3 Å². The molecule has 8 heteroatoms. The summed E-state index contributed by atoms with van der Waals surface area (Å²) in [5.41, 5.74) is 0.109. The number of hydrogen-bond donors (Lipinski definition) is 1. The molecule has 1 aromatic carbocycles. The Hall–Kier alpha value is -2.64. The quantitative estimate of drug-likeness (QED) is 0.802. The minimum absolute atomic E-state index is 0.0302. The van der Waals surface area contributed by atoms with Crippen LogP contribution in [-0.2, 0) is 10.9 Å². The van der Waals surface area contributed by atoms with Gasteiger partial charge < -0.3 is 10.1 Å². The van der Waals surface area contributed by atoms with Gasteiger partial charge in [0.05, 0.1) is 17.9 Å². The standard InChI is InChI=1S/C15H14F3N3O2.C2H6/c1-3-23-14(22)12-13(20-9(2)8-19-12)21-11-6-4-10(5-7-11)15(16,17)18;1-2/h4-8H,3H2,1-2H3,(H,20,21);1-2H3. The third-order valence-corrected chi connectivity index (χ3v) is 2.84. The first-order valence-corrected chi connectivity index (χ1v) is 7.76. The van der Waals surface area contributed by atoms with Crippen molar-refractivity contribution in [3.05, 3.63) is 47.4 Å². The van der Waals surface area contributed by atoms with E-state index >= 15 is 0 Å². The molecule has 0 fully saturated rings. The maximum Gasteiger partial charge on any atom is 0.416 e. The van der Waals surface area contributed by atoms with Crippen LogP contribution in [0.15, 0.2) is 30.5 Å². The average Bonchev–Trinajstić information content (AvgIpc) is 2.56. The first kappa shape index (κ1) is 20.4. The number of aromatic nitrogens is 2. The number of carbonyl (C=O) groups excluding carboxylic acids is 1. The third-order valence-electron chi connectivity index (χ3n) is 2.84. The highest BCUT2D eigenvalue weighted by atomic mass is 19.4. The highest BCUT2D eigenvalue weighted by molar-refractivity contribution is 5.93. The van der Waals surface area contributed by atoms with E-state index in [0.29, 0.717) is 11.4 Å². The second-order valence-corrected chi connectivity index (χ2v) is 4.63. The Bertz CT molecular complexity index is 701. The molecule has 0 amide bonds.